The summed E-state index contributed by atoms with van der Waals surface area (Å²) in [6, 6.07) is 10.6. The lowest BCUT2D eigenvalue weighted by atomic mass is 10.0. The van der Waals surface area contributed by atoms with Crippen molar-refractivity contribution in [2.24, 2.45) is 5.92 Å². The van der Waals surface area contributed by atoms with Crippen LogP contribution in [-0.2, 0) is 14.8 Å². The molecule has 2 aromatic carbocycles. The van der Waals surface area contributed by atoms with Crippen LogP contribution in [-0.4, -0.2) is 81.0 Å². The van der Waals surface area contributed by atoms with Crippen molar-refractivity contribution in [3.63, 3.8) is 0 Å². The van der Waals surface area contributed by atoms with Gasteiger partial charge in [0.05, 0.1) is 28.3 Å². The van der Waals surface area contributed by atoms with Gasteiger partial charge >= 0.3 is 0 Å². The third-order valence-corrected chi connectivity index (χ3v) is 10.2. The summed E-state index contributed by atoms with van der Waals surface area (Å²) in [6.07, 6.45) is 2.43. The summed E-state index contributed by atoms with van der Waals surface area (Å²) in [5.74, 6) is -0.0882. The van der Waals surface area contributed by atoms with E-state index in [2.05, 4.69) is 16.8 Å². The molecule has 0 spiro atoms. The van der Waals surface area contributed by atoms with E-state index < -0.39 is 10.0 Å². The van der Waals surface area contributed by atoms with Gasteiger partial charge in [-0.25, -0.2) is 17.8 Å². The van der Waals surface area contributed by atoms with Crippen molar-refractivity contribution in [1.29, 1.82) is 0 Å². The Morgan fingerprint density at radius 1 is 1.10 bits per heavy atom. The van der Waals surface area contributed by atoms with Gasteiger partial charge in [-0.2, -0.15) is 4.31 Å². The van der Waals surface area contributed by atoms with Gasteiger partial charge < -0.3 is 4.74 Å². The highest BCUT2D eigenvalue weighted by molar-refractivity contribution is 7.89. The number of aromatic nitrogens is 1. The Balaban J connectivity index is 0.00000353. The molecule has 0 radical (unpaired) electrons. The zero-order valence-corrected chi connectivity index (χ0v) is 24.4. The summed E-state index contributed by atoms with van der Waals surface area (Å²) in [5.41, 5.74) is 1.02. The number of piperidine rings is 1. The van der Waals surface area contributed by atoms with Crippen LogP contribution in [0, 0.1) is 11.7 Å². The fraction of sp³-hybridized carbons (Fsp3) is 0.481. The van der Waals surface area contributed by atoms with E-state index in [0.29, 0.717) is 59.7 Å². The Hall–Kier alpha value is -2.15. The lowest BCUT2D eigenvalue weighted by Crippen LogP contribution is -2.39. The van der Waals surface area contributed by atoms with E-state index in [0.717, 1.165) is 38.9 Å². The van der Waals surface area contributed by atoms with Gasteiger partial charge in [-0.1, -0.05) is 18.3 Å². The van der Waals surface area contributed by atoms with Crippen LogP contribution in [0.2, 0.25) is 0 Å². The maximum Gasteiger partial charge on any atom is 0.260 e. The number of amides is 1. The predicted octanol–water partition coefficient (Wildman–Crippen LogP) is 4.65. The van der Waals surface area contributed by atoms with Crippen molar-refractivity contribution in [1.82, 2.24) is 14.2 Å². The molecular formula is C27H34ClFN4O4S2. The third kappa shape index (κ3) is 6.96. The average Bonchev–Trinajstić information content (AvgIpc) is 3.34. The molecule has 0 atom stereocenters. The molecule has 2 aliphatic heterocycles. The zero-order chi connectivity index (χ0) is 26.7. The molecule has 8 nitrogen and oxygen atoms in total. The summed E-state index contributed by atoms with van der Waals surface area (Å²) in [7, 11) is -3.60. The number of benzene rings is 2. The molecule has 0 unspecified atom stereocenters. The van der Waals surface area contributed by atoms with Gasteiger partial charge in [0.15, 0.2) is 5.13 Å². The molecule has 3 heterocycles. The fourth-order valence-corrected chi connectivity index (χ4v) is 7.35. The van der Waals surface area contributed by atoms with E-state index >= 15 is 0 Å². The molecular weight excluding hydrogens is 563 g/mol. The highest BCUT2D eigenvalue weighted by Crippen LogP contribution is 2.31. The van der Waals surface area contributed by atoms with Crippen molar-refractivity contribution >= 4 is 55.0 Å². The van der Waals surface area contributed by atoms with E-state index in [-0.39, 0.29) is 29.0 Å². The maximum atomic E-state index is 13.8. The van der Waals surface area contributed by atoms with Crippen LogP contribution in [0.3, 0.4) is 0 Å². The van der Waals surface area contributed by atoms with Crippen LogP contribution >= 0.6 is 23.7 Å². The fourth-order valence-electron chi connectivity index (χ4n) is 4.86. The smallest absolute Gasteiger partial charge is 0.260 e. The van der Waals surface area contributed by atoms with Gasteiger partial charge in [-0.3, -0.25) is 14.6 Å². The Morgan fingerprint density at radius 2 is 1.79 bits per heavy atom. The van der Waals surface area contributed by atoms with Gasteiger partial charge in [0.25, 0.3) is 5.91 Å². The number of nitrogens with zero attached hydrogens (tertiary/aromatic N) is 4. The number of anilines is 1. The largest absolute Gasteiger partial charge is 0.379 e. The molecule has 3 aromatic rings. The third-order valence-electron chi connectivity index (χ3n) is 7.26. The molecule has 2 saturated heterocycles. The molecule has 1 aromatic heterocycles. The first-order chi connectivity index (χ1) is 18.3. The first kappa shape index (κ1) is 29.8. The van der Waals surface area contributed by atoms with Crippen molar-refractivity contribution in [3.05, 3.63) is 53.8 Å². The summed E-state index contributed by atoms with van der Waals surface area (Å²) in [5, 5.41) is 0.497. The van der Waals surface area contributed by atoms with E-state index in [1.54, 1.807) is 23.1 Å². The first-order valence-electron chi connectivity index (χ1n) is 13.1. The van der Waals surface area contributed by atoms with Gasteiger partial charge in [0.2, 0.25) is 10.0 Å². The van der Waals surface area contributed by atoms with E-state index in [9.17, 15) is 17.6 Å². The molecule has 0 N–H and O–H groups in total. The predicted molar refractivity (Wildman–Crippen MR) is 154 cm³/mol. The van der Waals surface area contributed by atoms with Crippen LogP contribution < -0.4 is 4.90 Å². The van der Waals surface area contributed by atoms with Crippen molar-refractivity contribution in [2.75, 3.05) is 57.4 Å². The number of thiazole rings is 1. The Bertz CT molecular complexity index is 1370. The van der Waals surface area contributed by atoms with Crippen molar-refractivity contribution in [2.45, 2.75) is 31.1 Å². The number of carbonyl (C=O) groups excluding carboxylic acids is 1. The number of sulfonamides is 1. The molecule has 2 fully saturated rings. The average molecular weight is 597 g/mol. The molecule has 2 aliphatic rings. The Kier molecular flexibility index (Phi) is 9.95. The highest BCUT2D eigenvalue weighted by atomic mass is 35.5. The van der Waals surface area contributed by atoms with Crippen LogP contribution in [0.15, 0.2) is 47.4 Å². The molecule has 0 aliphatic carbocycles. The number of hydrogen-bond acceptors (Lipinski definition) is 7. The number of carbonyl (C=O) groups is 1. The van der Waals surface area contributed by atoms with Gasteiger partial charge in [-0.05, 0) is 67.6 Å². The number of rotatable bonds is 8. The van der Waals surface area contributed by atoms with E-state index in [4.69, 9.17) is 4.74 Å². The number of halogens is 2. The summed E-state index contributed by atoms with van der Waals surface area (Å²) in [4.78, 5) is 22.4. The van der Waals surface area contributed by atoms with Gasteiger partial charge in [0.1, 0.15) is 5.82 Å². The second-order valence-electron chi connectivity index (χ2n) is 9.98. The Labute approximate surface area is 239 Å². The molecule has 12 heteroatoms. The van der Waals surface area contributed by atoms with Crippen molar-refractivity contribution in [3.8, 4) is 0 Å². The second-order valence-corrected chi connectivity index (χ2v) is 12.9. The van der Waals surface area contributed by atoms with Crippen LogP contribution in [0.4, 0.5) is 9.52 Å². The molecule has 5 rings (SSSR count). The molecule has 212 valence electrons. The van der Waals surface area contributed by atoms with Crippen LogP contribution in [0.5, 0.6) is 0 Å². The van der Waals surface area contributed by atoms with E-state index in [1.807, 2.05) is 0 Å². The standard InChI is InChI=1S/C27H33FN4O4S2.ClH/c1-20-9-13-31(14-10-20)38(34,35)23-6-3-21(4-7-23)26(33)32(12-2-11-30-15-17-36-18-16-30)27-29-24-8-5-22(28)19-25(24)37-27;/h3-8,19-20H,2,9-18H2,1H3;1H. The SMILES string of the molecule is CC1CCN(S(=O)(=O)c2ccc(C(=O)N(CCCN3CCOCC3)c3nc4ccc(F)cc4s3)cc2)CC1.Cl. The minimum atomic E-state index is -3.60. The number of ether oxygens (including phenoxy) is 1. The summed E-state index contributed by atoms with van der Waals surface area (Å²) < 4.78 is 47.7. The first-order valence-corrected chi connectivity index (χ1v) is 15.4. The lowest BCUT2D eigenvalue weighted by molar-refractivity contribution is 0.0376. The zero-order valence-electron chi connectivity index (χ0n) is 21.9. The quantitative estimate of drug-likeness (QED) is 0.377. The molecule has 1 amide bonds. The normalized spacial score (nSPS) is 17.7. The summed E-state index contributed by atoms with van der Waals surface area (Å²) in [6.45, 7) is 7.55. The van der Waals surface area contributed by atoms with Gasteiger partial charge in [-0.15, -0.1) is 12.4 Å². The molecule has 39 heavy (non-hydrogen) atoms. The molecule has 0 saturated carbocycles. The number of fused-ring (bicyclic) bond motifs is 1. The minimum absolute atomic E-state index is 0. The monoisotopic (exact) mass is 596 g/mol. The summed E-state index contributed by atoms with van der Waals surface area (Å²) >= 11 is 1.27. The number of morpholine rings is 1. The maximum absolute atomic E-state index is 13.8. The minimum Gasteiger partial charge on any atom is -0.379 e. The number of hydrogen-bond donors (Lipinski definition) is 0. The second kappa shape index (κ2) is 13.0. The topological polar surface area (TPSA) is 83.1 Å². The van der Waals surface area contributed by atoms with Gasteiger partial charge in [0, 0.05) is 44.8 Å². The van der Waals surface area contributed by atoms with Crippen LogP contribution in [0.25, 0.3) is 10.2 Å². The van der Waals surface area contributed by atoms with E-state index in [1.165, 1.54) is 39.9 Å². The highest BCUT2D eigenvalue weighted by Gasteiger charge is 2.29. The lowest BCUT2D eigenvalue weighted by Gasteiger charge is -2.29. The molecule has 0 bridgehead atoms. The van der Waals surface area contributed by atoms with Crippen LogP contribution in [0.1, 0.15) is 36.5 Å². The van der Waals surface area contributed by atoms with Crippen molar-refractivity contribution < 1.29 is 22.3 Å². The Morgan fingerprint density at radius 3 is 2.49 bits per heavy atom.